The van der Waals surface area contributed by atoms with Gasteiger partial charge in [0, 0.05) is 11.1 Å². The van der Waals surface area contributed by atoms with E-state index in [9.17, 15) is 9.18 Å². The molecule has 0 amide bonds. The van der Waals surface area contributed by atoms with Crippen molar-refractivity contribution in [1.29, 1.82) is 0 Å². The molecule has 0 bridgehead atoms. The third-order valence-electron chi connectivity index (χ3n) is 4.84. The average Bonchev–Trinajstić information content (AvgIpc) is 2.68. The highest BCUT2D eigenvalue weighted by atomic mass is 35.5. The van der Waals surface area contributed by atoms with E-state index < -0.39 is 5.82 Å². The molecule has 0 N–H and O–H groups in total. The average molecular weight is 443 g/mol. The lowest BCUT2D eigenvalue weighted by molar-refractivity contribution is 0.292. The summed E-state index contributed by atoms with van der Waals surface area (Å²) in [6.45, 7) is 3.52. The van der Waals surface area contributed by atoms with E-state index in [0.717, 1.165) is 11.1 Å². The lowest BCUT2D eigenvalue weighted by Gasteiger charge is -2.14. The fourth-order valence-corrected chi connectivity index (χ4v) is 3.88. The number of ether oxygens (including phenoxy) is 1. The van der Waals surface area contributed by atoms with E-state index in [1.54, 1.807) is 36.4 Å². The summed E-state index contributed by atoms with van der Waals surface area (Å²) < 4.78 is 26.2. The second-order valence-corrected chi connectivity index (χ2v) is 7.83. The summed E-state index contributed by atoms with van der Waals surface area (Å²) >= 11 is 12.5. The standard InChI is InChI=1S/C24H17Cl2FO3/c1-13-10-14(2)21-20(11-13)30-23(15-6-3-4-7-17(15)25)24(22(21)28)29-12-16-18(26)8-5-9-19(16)27/h3-11H,12H2,1-2H3. The van der Waals surface area contributed by atoms with Gasteiger partial charge in [0.25, 0.3) is 0 Å². The third kappa shape index (κ3) is 3.69. The van der Waals surface area contributed by atoms with Crippen LogP contribution in [0.3, 0.4) is 0 Å². The van der Waals surface area contributed by atoms with Crippen LogP contribution in [-0.2, 0) is 6.61 Å². The normalized spacial score (nSPS) is 11.1. The quantitative estimate of drug-likeness (QED) is 0.338. The largest absolute Gasteiger partial charge is 0.481 e. The van der Waals surface area contributed by atoms with Gasteiger partial charge < -0.3 is 9.15 Å². The van der Waals surface area contributed by atoms with Gasteiger partial charge in [-0.25, -0.2) is 4.39 Å². The van der Waals surface area contributed by atoms with Crippen LogP contribution in [0.1, 0.15) is 16.7 Å². The third-order valence-corrected chi connectivity index (χ3v) is 5.52. The molecule has 0 atom stereocenters. The molecule has 4 aromatic rings. The number of rotatable bonds is 4. The maximum atomic E-state index is 14.2. The first-order valence-electron chi connectivity index (χ1n) is 9.25. The molecule has 1 aromatic heterocycles. The molecule has 0 aliphatic heterocycles. The zero-order chi connectivity index (χ0) is 21.4. The first kappa shape index (κ1) is 20.5. The van der Waals surface area contributed by atoms with E-state index in [4.69, 9.17) is 32.4 Å². The highest BCUT2D eigenvalue weighted by Gasteiger charge is 2.21. The molecular formula is C24H17Cl2FO3. The van der Waals surface area contributed by atoms with Crippen LogP contribution in [0.5, 0.6) is 5.75 Å². The molecule has 6 heteroatoms. The molecule has 4 rings (SSSR count). The Morgan fingerprint density at radius 3 is 2.47 bits per heavy atom. The van der Waals surface area contributed by atoms with E-state index in [1.807, 2.05) is 19.9 Å². The Balaban J connectivity index is 1.94. The summed E-state index contributed by atoms with van der Waals surface area (Å²) in [6, 6.07) is 15.0. The van der Waals surface area contributed by atoms with Crippen LogP contribution >= 0.6 is 23.2 Å². The fraction of sp³-hybridized carbons (Fsp3) is 0.125. The van der Waals surface area contributed by atoms with Crippen molar-refractivity contribution in [1.82, 2.24) is 0 Å². The molecule has 1 heterocycles. The van der Waals surface area contributed by atoms with E-state index in [2.05, 4.69) is 0 Å². The smallest absolute Gasteiger partial charge is 0.235 e. The van der Waals surface area contributed by atoms with Gasteiger partial charge in [-0.2, -0.15) is 0 Å². The van der Waals surface area contributed by atoms with Crippen molar-refractivity contribution in [3.63, 3.8) is 0 Å². The van der Waals surface area contributed by atoms with E-state index >= 15 is 0 Å². The molecule has 0 spiro atoms. The number of aryl methyl sites for hydroxylation is 2. The van der Waals surface area contributed by atoms with Gasteiger partial charge in [0.1, 0.15) is 18.0 Å². The van der Waals surface area contributed by atoms with Crippen LogP contribution in [0, 0.1) is 19.7 Å². The summed E-state index contributed by atoms with van der Waals surface area (Å²) in [7, 11) is 0. The Hall–Kier alpha value is -2.82. The second-order valence-electron chi connectivity index (χ2n) is 7.01. The molecule has 3 aromatic carbocycles. The highest BCUT2D eigenvalue weighted by Crippen LogP contribution is 2.36. The van der Waals surface area contributed by atoms with Gasteiger partial charge in [0.05, 0.1) is 15.4 Å². The molecular weight excluding hydrogens is 426 g/mol. The predicted octanol–water partition coefficient (Wildman–Crippen LogP) is 7.10. The van der Waals surface area contributed by atoms with Gasteiger partial charge in [-0.3, -0.25) is 4.79 Å². The van der Waals surface area contributed by atoms with Crippen molar-refractivity contribution in [3.05, 3.63) is 97.4 Å². The minimum atomic E-state index is -0.515. The van der Waals surface area contributed by atoms with Crippen molar-refractivity contribution in [2.45, 2.75) is 20.5 Å². The maximum Gasteiger partial charge on any atom is 0.235 e. The summed E-state index contributed by atoms with van der Waals surface area (Å²) in [4.78, 5) is 13.4. The van der Waals surface area contributed by atoms with E-state index in [1.165, 1.54) is 12.1 Å². The number of hydrogen-bond donors (Lipinski definition) is 0. The monoisotopic (exact) mass is 442 g/mol. The summed E-state index contributed by atoms with van der Waals surface area (Å²) in [5.41, 5.74) is 2.47. The molecule has 152 valence electrons. The van der Waals surface area contributed by atoms with Gasteiger partial charge in [-0.1, -0.05) is 47.5 Å². The maximum absolute atomic E-state index is 14.2. The number of benzene rings is 3. The molecule has 0 unspecified atom stereocenters. The lowest BCUT2D eigenvalue weighted by atomic mass is 10.0. The Morgan fingerprint density at radius 2 is 1.73 bits per heavy atom. The lowest BCUT2D eigenvalue weighted by Crippen LogP contribution is -2.12. The summed E-state index contributed by atoms with van der Waals surface area (Å²) in [5, 5.41) is 1.02. The minimum absolute atomic E-state index is 0.0399. The zero-order valence-electron chi connectivity index (χ0n) is 16.3. The number of halogens is 3. The minimum Gasteiger partial charge on any atom is -0.481 e. The zero-order valence-corrected chi connectivity index (χ0v) is 17.8. The predicted molar refractivity (Wildman–Crippen MR) is 118 cm³/mol. The number of fused-ring (bicyclic) bond motifs is 1. The topological polar surface area (TPSA) is 39.4 Å². The summed E-state index contributed by atoms with van der Waals surface area (Å²) in [6.07, 6.45) is 0. The van der Waals surface area contributed by atoms with E-state index in [-0.39, 0.29) is 34.1 Å². The van der Waals surface area contributed by atoms with Gasteiger partial charge in [-0.15, -0.1) is 0 Å². The first-order chi connectivity index (χ1) is 14.4. The molecule has 0 aliphatic rings. The van der Waals surface area contributed by atoms with Gasteiger partial charge in [-0.05, 0) is 55.3 Å². The van der Waals surface area contributed by atoms with Gasteiger partial charge >= 0.3 is 0 Å². The number of hydrogen-bond acceptors (Lipinski definition) is 3. The van der Waals surface area contributed by atoms with Crippen molar-refractivity contribution in [3.8, 4) is 17.1 Å². The van der Waals surface area contributed by atoms with Crippen molar-refractivity contribution in [2.75, 3.05) is 0 Å². The van der Waals surface area contributed by atoms with Crippen LogP contribution in [0.15, 0.2) is 63.8 Å². The molecule has 0 aliphatic carbocycles. The SMILES string of the molecule is Cc1cc(C)c2c(=O)c(OCc3c(F)cccc3Cl)c(-c3ccccc3Cl)oc2c1. The van der Waals surface area contributed by atoms with Crippen molar-refractivity contribution >= 4 is 34.2 Å². The van der Waals surface area contributed by atoms with Gasteiger partial charge in [0.2, 0.25) is 11.2 Å². The Labute approximate surface area is 182 Å². The molecule has 0 saturated heterocycles. The summed E-state index contributed by atoms with van der Waals surface area (Å²) in [5.74, 6) is -0.365. The van der Waals surface area contributed by atoms with Crippen LogP contribution < -0.4 is 10.2 Å². The fourth-order valence-electron chi connectivity index (χ4n) is 3.44. The van der Waals surface area contributed by atoms with Crippen LogP contribution in [0.4, 0.5) is 4.39 Å². The highest BCUT2D eigenvalue weighted by molar-refractivity contribution is 6.33. The van der Waals surface area contributed by atoms with Gasteiger partial charge in [0.15, 0.2) is 5.76 Å². The second kappa shape index (κ2) is 8.13. The molecule has 0 fully saturated rings. The molecule has 0 radical (unpaired) electrons. The molecule has 3 nitrogen and oxygen atoms in total. The van der Waals surface area contributed by atoms with Crippen LogP contribution in [0.25, 0.3) is 22.3 Å². The van der Waals surface area contributed by atoms with Crippen molar-refractivity contribution < 1.29 is 13.5 Å². The Bertz CT molecular complexity index is 1310. The molecule has 30 heavy (non-hydrogen) atoms. The van der Waals surface area contributed by atoms with Crippen LogP contribution in [0.2, 0.25) is 10.0 Å². The molecule has 0 saturated carbocycles. The Morgan fingerprint density at radius 1 is 1.00 bits per heavy atom. The van der Waals surface area contributed by atoms with Crippen LogP contribution in [-0.4, -0.2) is 0 Å². The van der Waals surface area contributed by atoms with E-state index in [0.29, 0.717) is 21.6 Å². The van der Waals surface area contributed by atoms with Crippen molar-refractivity contribution in [2.24, 2.45) is 0 Å². The first-order valence-corrected chi connectivity index (χ1v) is 10.0. The Kier molecular flexibility index (Phi) is 5.54.